The van der Waals surface area contributed by atoms with Gasteiger partial charge < -0.3 is 55.8 Å². The van der Waals surface area contributed by atoms with E-state index in [0.717, 1.165) is 5.75 Å². The first kappa shape index (κ1) is 47.4. The molecule has 1 aliphatic rings. The molecule has 0 saturated carbocycles. The van der Waals surface area contributed by atoms with Gasteiger partial charge in [0.2, 0.25) is 0 Å². The van der Waals surface area contributed by atoms with Crippen molar-refractivity contribution >= 4 is 46.0 Å². The summed E-state index contributed by atoms with van der Waals surface area (Å²) < 4.78 is 24.5. The number of nitrogens with one attached hydrogen (secondary N) is 1. The van der Waals surface area contributed by atoms with E-state index in [0.29, 0.717) is 47.3 Å². The average molecular weight is 822 g/mol. The highest BCUT2D eigenvalue weighted by atomic mass is 16.6. The number of ether oxygens (including phenoxy) is 5. The van der Waals surface area contributed by atoms with Crippen molar-refractivity contribution in [2.75, 3.05) is 57.4 Å². The van der Waals surface area contributed by atoms with Crippen molar-refractivity contribution in [2.45, 2.75) is 13.3 Å². The molecule has 1 amide bonds. The summed E-state index contributed by atoms with van der Waals surface area (Å²) in [5.74, 6) is 0.976. The van der Waals surface area contributed by atoms with E-state index in [9.17, 15) is 34.9 Å². The first-order valence-electron chi connectivity index (χ1n) is 17.0. The highest BCUT2D eigenvalue weighted by Crippen LogP contribution is 2.32. The van der Waals surface area contributed by atoms with Gasteiger partial charge in [-0.3, -0.25) is 29.8 Å². The summed E-state index contributed by atoms with van der Waals surface area (Å²) in [4.78, 5) is 42.4. The van der Waals surface area contributed by atoms with Crippen LogP contribution in [0.4, 0.5) is 34.1 Å². The van der Waals surface area contributed by atoms with Crippen molar-refractivity contribution in [3.05, 3.63) is 129 Å². The average Bonchev–Trinajstić information content (AvgIpc) is 3.20. The topological polar surface area (TPSA) is 316 Å². The fourth-order valence-corrected chi connectivity index (χ4v) is 4.09. The quantitative estimate of drug-likeness (QED) is 0.0167. The Bertz CT molecular complexity index is 2080. The fourth-order valence-electron chi connectivity index (χ4n) is 4.09. The number of amides is 1. The third-order valence-electron chi connectivity index (χ3n) is 6.93. The lowest BCUT2D eigenvalue weighted by Gasteiger charge is -2.12. The molecule has 314 valence electrons. The number of carbonyl (C=O) groups is 2. The number of azo groups is 1. The molecule has 8 N–H and O–H groups in total. The van der Waals surface area contributed by atoms with Crippen molar-refractivity contribution in [1.82, 2.24) is 0 Å². The molecule has 1 aliphatic heterocycles. The highest BCUT2D eigenvalue weighted by molar-refractivity contribution is 6.03. The lowest BCUT2D eigenvalue weighted by Crippen LogP contribution is -2.15. The Morgan fingerprint density at radius 1 is 0.847 bits per heavy atom. The number of aliphatic hydroxyl groups is 3. The number of rotatable bonds is 14. The lowest BCUT2D eigenvalue weighted by atomic mass is 10.2. The number of non-ortho nitro benzene ring substituents is 2. The normalized spacial score (nSPS) is 11.6. The number of anilines is 3. The van der Waals surface area contributed by atoms with Crippen LogP contribution in [0.5, 0.6) is 23.0 Å². The second-order valence-electron chi connectivity index (χ2n) is 11.3. The Kier molecular flexibility index (Phi) is 19.8. The first-order chi connectivity index (χ1) is 28.1. The second kappa shape index (κ2) is 24.7. The molecule has 4 aromatic rings. The van der Waals surface area contributed by atoms with Crippen LogP contribution in [0.2, 0.25) is 0 Å². The van der Waals surface area contributed by atoms with Crippen molar-refractivity contribution in [1.29, 1.82) is 0 Å². The number of cyclic esters (lactones) is 1. The Morgan fingerprint density at radius 2 is 1.34 bits per heavy atom. The molecule has 1 fully saturated rings. The maximum absolute atomic E-state index is 12.5. The van der Waals surface area contributed by atoms with Gasteiger partial charge in [0.05, 0.1) is 55.1 Å². The number of aliphatic hydroxyl groups excluding tert-OH is 3. The van der Waals surface area contributed by atoms with E-state index >= 15 is 0 Å². The summed E-state index contributed by atoms with van der Waals surface area (Å²) in [7, 11) is 2.72. The van der Waals surface area contributed by atoms with Gasteiger partial charge in [0, 0.05) is 23.5 Å². The largest absolute Gasteiger partial charge is 0.510 e. The number of esters is 1. The van der Waals surface area contributed by atoms with Crippen LogP contribution in [0.1, 0.15) is 13.3 Å². The predicted molar refractivity (Wildman–Crippen MR) is 214 cm³/mol. The summed E-state index contributed by atoms with van der Waals surface area (Å²) in [6.07, 6.45) is 0.417. The number of nitro benzene ring substituents is 2. The highest BCUT2D eigenvalue weighted by Gasteiger charge is 2.18. The summed E-state index contributed by atoms with van der Waals surface area (Å²) in [5, 5.41) is 58.3. The number of nitrogens with zero attached hydrogens (tertiary/aromatic N) is 4. The molecule has 0 atom stereocenters. The third kappa shape index (κ3) is 16.9. The zero-order valence-electron chi connectivity index (χ0n) is 32.1. The summed E-state index contributed by atoms with van der Waals surface area (Å²) in [6, 6.07) is 21.2. The third-order valence-corrected chi connectivity index (χ3v) is 6.93. The molecule has 59 heavy (non-hydrogen) atoms. The van der Waals surface area contributed by atoms with Gasteiger partial charge in [-0.1, -0.05) is 6.58 Å². The monoisotopic (exact) mass is 821 g/mol. The van der Waals surface area contributed by atoms with Crippen molar-refractivity contribution in [3.63, 3.8) is 0 Å². The molecule has 21 nitrogen and oxygen atoms in total. The van der Waals surface area contributed by atoms with Crippen LogP contribution in [0.15, 0.2) is 119 Å². The van der Waals surface area contributed by atoms with Gasteiger partial charge >= 0.3 is 5.97 Å². The Balaban J connectivity index is 0.000000333. The molecule has 1 saturated heterocycles. The van der Waals surface area contributed by atoms with E-state index in [1.807, 2.05) is 0 Å². The number of nitrogens with two attached hydrogens (primary N) is 2. The molecule has 0 spiro atoms. The number of nitro groups is 2. The number of benzene rings is 4. The SMILES string of the molecule is C=C1CC(=O)O1.COc1cc([N+](=O)[O-])ccc1N.COc1cc([N+](=O)[O-])ccc1N=NC(C(=O)Nc1ccc(OCCO)cc1)=C(C)O.Nc1ccc(OCCO)cc1. The van der Waals surface area contributed by atoms with Gasteiger partial charge in [-0.25, -0.2) is 0 Å². The van der Waals surface area contributed by atoms with Crippen molar-refractivity contribution in [3.8, 4) is 23.0 Å². The smallest absolute Gasteiger partial charge is 0.318 e. The number of hydrogen-bond donors (Lipinski definition) is 6. The zero-order chi connectivity index (χ0) is 43.9. The minimum Gasteiger partial charge on any atom is -0.510 e. The molecule has 4 aromatic carbocycles. The molecule has 21 heteroatoms. The van der Waals surface area contributed by atoms with Gasteiger partial charge in [-0.15, -0.1) is 10.2 Å². The van der Waals surface area contributed by atoms with Crippen LogP contribution in [-0.2, 0) is 14.3 Å². The van der Waals surface area contributed by atoms with Crippen LogP contribution in [-0.4, -0.2) is 77.7 Å². The molecule has 0 bridgehead atoms. The standard InChI is InChI=1S/C19H20N4O7.C8H11NO2.C7H8N2O3.C4H4O2/c1-12(25)18(19(26)20-13-3-6-15(7-4-13)30-10-9-24)22-21-16-8-5-14(23(27)28)11-17(16)29-2;9-7-1-3-8(4-2-7)11-6-5-10;1-12-7-4-5(9(10)11)2-3-6(7)8;1-3-2-4(5)6-3/h3-8,11,24-25H,9-10H2,1-2H3,(H,20,26);1-4,10H,5-6,9H2;2-4H,8H2,1H3;1-2H2. The summed E-state index contributed by atoms with van der Waals surface area (Å²) >= 11 is 0. The predicted octanol–water partition coefficient (Wildman–Crippen LogP) is 5.76. The van der Waals surface area contributed by atoms with E-state index in [4.69, 9.17) is 40.6 Å². The molecule has 0 radical (unpaired) electrons. The van der Waals surface area contributed by atoms with E-state index in [1.165, 1.54) is 57.5 Å². The van der Waals surface area contributed by atoms with Crippen LogP contribution < -0.4 is 35.7 Å². The molecular weight excluding hydrogens is 778 g/mol. The molecular formula is C38H43N7O14. The van der Waals surface area contributed by atoms with Gasteiger partial charge in [0.15, 0.2) is 11.4 Å². The number of allylic oxidation sites excluding steroid dienone is 1. The molecule has 1 heterocycles. The number of methoxy groups -OCH3 is 2. The number of carbonyl (C=O) groups excluding carboxylic acids is 2. The Morgan fingerprint density at radius 3 is 1.76 bits per heavy atom. The lowest BCUT2D eigenvalue weighted by molar-refractivity contribution is -0.385. The number of hydrogen-bond acceptors (Lipinski definition) is 18. The minimum absolute atomic E-state index is 0.0268. The minimum atomic E-state index is -0.719. The van der Waals surface area contributed by atoms with Crippen LogP contribution in [0, 0.1) is 20.2 Å². The Hall–Kier alpha value is -7.78. The van der Waals surface area contributed by atoms with Gasteiger partial charge in [-0.2, -0.15) is 0 Å². The first-order valence-corrected chi connectivity index (χ1v) is 17.0. The fraction of sp³-hybridized carbons (Fsp3) is 0.211. The summed E-state index contributed by atoms with van der Waals surface area (Å²) in [5.41, 5.74) is 12.0. The number of nitrogen functional groups attached to an aromatic ring is 2. The van der Waals surface area contributed by atoms with Gasteiger partial charge in [-0.05, 0) is 67.6 Å². The molecule has 5 rings (SSSR count). The Labute approximate surface area is 337 Å². The van der Waals surface area contributed by atoms with Gasteiger partial charge in [0.25, 0.3) is 17.3 Å². The van der Waals surface area contributed by atoms with Crippen molar-refractivity contribution in [2.24, 2.45) is 10.2 Å². The maximum Gasteiger partial charge on any atom is 0.318 e. The van der Waals surface area contributed by atoms with E-state index in [1.54, 1.807) is 48.5 Å². The van der Waals surface area contributed by atoms with Gasteiger partial charge in [0.1, 0.15) is 54.1 Å². The van der Waals surface area contributed by atoms with E-state index < -0.39 is 15.8 Å². The molecule has 0 aliphatic carbocycles. The van der Waals surface area contributed by atoms with E-state index in [-0.39, 0.29) is 60.1 Å². The zero-order valence-corrected chi connectivity index (χ0v) is 32.1. The molecule has 0 aromatic heterocycles. The summed E-state index contributed by atoms with van der Waals surface area (Å²) in [6.45, 7) is 5.02. The van der Waals surface area contributed by atoms with Crippen LogP contribution >= 0.6 is 0 Å². The van der Waals surface area contributed by atoms with E-state index in [2.05, 4.69) is 26.9 Å². The van der Waals surface area contributed by atoms with Crippen molar-refractivity contribution < 1.29 is 58.4 Å². The second-order valence-corrected chi connectivity index (χ2v) is 11.3. The maximum atomic E-state index is 12.5. The molecule has 0 unspecified atom stereocenters. The van der Waals surface area contributed by atoms with Crippen LogP contribution in [0.3, 0.4) is 0 Å². The van der Waals surface area contributed by atoms with Crippen LogP contribution in [0.25, 0.3) is 0 Å².